The summed E-state index contributed by atoms with van der Waals surface area (Å²) >= 11 is 0. The van der Waals surface area contributed by atoms with Crippen LogP contribution in [0.3, 0.4) is 0 Å². The van der Waals surface area contributed by atoms with Gasteiger partial charge >= 0.3 is 5.69 Å². The lowest BCUT2D eigenvalue weighted by Gasteiger charge is -2.19. The molecule has 0 amide bonds. The zero-order valence-corrected chi connectivity index (χ0v) is 19.4. The van der Waals surface area contributed by atoms with Gasteiger partial charge < -0.3 is 5.73 Å². The van der Waals surface area contributed by atoms with E-state index in [-0.39, 0.29) is 5.39 Å². The number of nitriles is 1. The molecule has 4 aromatic heterocycles. The maximum absolute atomic E-state index is 13.5. The summed E-state index contributed by atoms with van der Waals surface area (Å²) in [5.41, 5.74) is 7.82. The Balaban J connectivity index is 1.91. The lowest BCUT2D eigenvalue weighted by atomic mass is 9.86. The van der Waals surface area contributed by atoms with Crippen molar-refractivity contribution in [1.82, 2.24) is 24.1 Å². The number of anilines is 1. The van der Waals surface area contributed by atoms with Gasteiger partial charge in [0.25, 0.3) is 5.56 Å². The Hall–Kier alpha value is -4.84. The van der Waals surface area contributed by atoms with Crippen LogP contribution in [0.1, 0.15) is 19.4 Å². The summed E-state index contributed by atoms with van der Waals surface area (Å²) in [6.07, 6.45) is 3.08. The molecule has 172 valence electrons. The fourth-order valence-corrected chi connectivity index (χ4v) is 4.00. The van der Waals surface area contributed by atoms with E-state index in [1.54, 1.807) is 48.7 Å². The molecular formula is C26H21N7O2. The smallest absolute Gasteiger partial charge is 0.335 e. The van der Waals surface area contributed by atoms with Gasteiger partial charge in [0, 0.05) is 25.0 Å². The molecular weight excluding hydrogens is 442 g/mol. The van der Waals surface area contributed by atoms with Crippen LogP contribution < -0.4 is 17.0 Å². The second kappa shape index (κ2) is 7.88. The van der Waals surface area contributed by atoms with Gasteiger partial charge in [-0.25, -0.2) is 14.8 Å². The van der Waals surface area contributed by atoms with Crippen LogP contribution in [0.4, 0.5) is 5.82 Å². The molecule has 9 nitrogen and oxygen atoms in total. The highest BCUT2D eigenvalue weighted by Crippen LogP contribution is 2.28. The molecule has 0 aliphatic heterocycles. The minimum atomic E-state index is -0.771. The molecule has 4 heterocycles. The first kappa shape index (κ1) is 22.0. The normalized spacial score (nSPS) is 11.6. The summed E-state index contributed by atoms with van der Waals surface area (Å²) in [5, 5.41) is 9.87. The Bertz CT molecular complexity index is 1790. The van der Waals surface area contributed by atoms with E-state index in [9.17, 15) is 14.9 Å². The molecule has 0 spiro atoms. The van der Waals surface area contributed by atoms with Crippen molar-refractivity contribution < 1.29 is 0 Å². The fourth-order valence-electron chi connectivity index (χ4n) is 4.00. The third kappa shape index (κ3) is 3.52. The van der Waals surface area contributed by atoms with E-state index in [4.69, 9.17) is 10.7 Å². The Morgan fingerprint density at radius 3 is 2.54 bits per heavy atom. The molecule has 2 N–H and O–H groups in total. The Labute approximate surface area is 199 Å². The minimum absolute atomic E-state index is 0.254. The maximum Gasteiger partial charge on any atom is 0.335 e. The molecule has 5 rings (SSSR count). The average molecular weight is 464 g/mol. The highest BCUT2D eigenvalue weighted by Gasteiger charge is 2.22. The number of hydrogen-bond donors (Lipinski definition) is 1. The molecule has 0 aliphatic carbocycles. The van der Waals surface area contributed by atoms with Crippen molar-refractivity contribution in [3.05, 3.63) is 87.3 Å². The summed E-state index contributed by atoms with van der Waals surface area (Å²) in [4.78, 5) is 39.9. The van der Waals surface area contributed by atoms with Crippen molar-refractivity contribution in [2.45, 2.75) is 19.3 Å². The van der Waals surface area contributed by atoms with Crippen LogP contribution in [0, 0.1) is 11.3 Å². The van der Waals surface area contributed by atoms with Crippen molar-refractivity contribution in [2.24, 2.45) is 7.05 Å². The van der Waals surface area contributed by atoms with Gasteiger partial charge in [0.1, 0.15) is 11.3 Å². The van der Waals surface area contributed by atoms with Crippen LogP contribution in [0.25, 0.3) is 38.9 Å². The van der Waals surface area contributed by atoms with E-state index in [1.807, 2.05) is 19.9 Å². The fraction of sp³-hybridized carbons (Fsp3) is 0.154. The zero-order chi connectivity index (χ0) is 24.9. The first-order chi connectivity index (χ1) is 16.7. The number of benzene rings is 1. The SMILES string of the molecule is Cn1c(=O)c2cnc3ccc(-c4ccc(N)nc4)nc3c2n(-c2cccc(C(C)(C)C#N)c2)c1=O. The van der Waals surface area contributed by atoms with Gasteiger partial charge in [0.2, 0.25) is 0 Å². The van der Waals surface area contributed by atoms with Crippen LogP contribution >= 0.6 is 0 Å². The highest BCUT2D eigenvalue weighted by atomic mass is 16.2. The molecule has 0 unspecified atom stereocenters. The van der Waals surface area contributed by atoms with E-state index in [0.717, 1.165) is 15.7 Å². The molecule has 9 heteroatoms. The van der Waals surface area contributed by atoms with Crippen LogP contribution in [0.5, 0.6) is 0 Å². The van der Waals surface area contributed by atoms with Gasteiger partial charge in [0.05, 0.1) is 39.3 Å². The number of pyridine rings is 3. The quantitative estimate of drug-likeness (QED) is 0.407. The Morgan fingerprint density at radius 1 is 1.03 bits per heavy atom. The molecule has 1 aromatic carbocycles. The van der Waals surface area contributed by atoms with Crippen molar-refractivity contribution in [2.75, 3.05) is 5.73 Å². The monoisotopic (exact) mass is 463 g/mol. The molecule has 0 atom stereocenters. The second-order valence-corrected chi connectivity index (χ2v) is 8.83. The molecule has 0 radical (unpaired) electrons. The number of aromatic nitrogens is 5. The van der Waals surface area contributed by atoms with Crippen molar-refractivity contribution >= 4 is 27.8 Å². The predicted octanol–water partition coefficient (Wildman–Crippen LogP) is 3.08. The van der Waals surface area contributed by atoms with E-state index < -0.39 is 16.7 Å². The zero-order valence-electron chi connectivity index (χ0n) is 19.4. The number of hydrogen-bond acceptors (Lipinski definition) is 7. The van der Waals surface area contributed by atoms with Gasteiger partial charge in [-0.1, -0.05) is 12.1 Å². The topological polar surface area (TPSA) is 132 Å². The molecule has 0 saturated carbocycles. The number of nitrogens with two attached hydrogens (primary N) is 1. The van der Waals surface area contributed by atoms with Crippen LogP contribution in [0.2, 0.25) is 0 Å². The van der Waals surface area contributed by atoms with E-state index in [2.05, 4.69) is 16.0 Å². The predicted molar refractivity (Wildman–Crippen MR) is 134 cm³/mol. The van der Waals surface area contributed by atoms with Gasteiger partial charge in [-0.05, 0) is 55.8 Å². The van der Waals surface area contributed by atoms with E-state index in [1.165, 1.54) is 17.8 Å². The molecule has 0 fully saturated rings. The van der Waals surface area contributed by atoms with Crippen LogP contribution in [-0.2, 0) is 12.5 Å². The van der Waals surface area contributed by atoms with E-state index in [0.29, 0.717) is 33.7 Å². The maximum atomic E-state index is 13.5. The third-order valence-corrected chi connectivity index (χ3v) is 6.11. The van der Waals surface area contributed by atoms with Gasteiger partial charge in [-0.2, -0.15) is 5.26 Å². The van der Waals surface area contributed by atoms with Crippen LogP contribution in [-0.4, -0.2) is 24.1 Å². The number of nitrogens with zero attached hydrogens (tertiary/aromatic N) is 6. The van der Waals surface area contributed by atoms with Gasteiger partial charge in [-0.3, -0.25) is 18.9 Å². The lowest BCUT2D eigenvalue weighted by molar-refractivity contribution is 0.684. The van der Waals surface area contributed by atoms with Crippen molar-refractivity contribution in [1.29, 1.82) is 5.26 Å². The molecule has 35 heavy (non-hydrogen) atoms. The van der Waals surface area contributed by atoms with Gasteiger partial charge in [-0.15, -0.1) is 0 Å². The highest BCUT2D eigenvalue weighted by molar-refractivity contribution is 6.01. The third-order valence-electron chi connectivity index (χ3n) is 6.11. The number of rotatable bonds is 3. The van der Waals surface area contributed by atoms with Crippen molar-refractivity contribution in [3.63, 3.8) is 0 Å². The molecule has 0 bridgehead atoms. The summed E-state index contributed by atoms with van der Waals surface area (Å²) in [7, 11) is 1.43. The average Bonchev–Trinajstić information content (AvgIpc) is 2.87. The standard InChI is InChI=1S/C26H21N7O2/c1-26(2,14-27)16-5-4-6-17(11-16)33-23-18(24(34)32(3)25(33)35)13-29-20-9-8-19(31-22(20)23)15-7-10-21(28)30-12-15/h4-13H,1-3H3,(H2,28,30). The summed E-state index contributed by atoms with van der Waals surface area (Å²) < 4.78 is 2.50. The Kier molecular flexibility index (Phi) is 4.95. The lowest BCUT2D eigenvalue weighted by Crippen LogP contribution is -2.37. The Morgan fingerprint density at radius 2 is 1.83 bits per heavy atom. The van der Waals surface area contributed by atoms with Crippen molar-refractivity contribution in [3.8, 4) is 23.0 Å². The summed E-state index contributed by atoms with van der Waals surface area (Å²) in [6, 6.07) is 16.5. The largest absolute Gasteiger partial charge is 0.384 e. The summed E-state index contributed by atoms with van der Waals surface area (Å²) in [5.74, 6) is 0.388. The first-order valence-corrected chi connectivity index (χ1v) is 10.9. The number of fused-ring (bicyclic) bond motifs is 3. The summed E-state index contributed by atoms with van der Waals surface area (Å²) in [6.45, 7) is 3.61. The first-order valence-electron chi connectivity index (χ1n) is 10.9. The molecule has 0 saturated heterocycles. The van der Waals surface area contributed by atoms with E-state index >= 15 is 0 Å². The molecule has 5 aromatic rings. The van der Waals surface area contributed by atoms with Crippen LogP contribution in [0.15, 0.2) is 70.5 Å². The molecule has 0 aliphatic rings. The number of nitrogen functional groups attached to an aromatic ring is 1. The minimum Gasteiger partial charge on any atom is -0.384 e. The van der Waals surface area contributed by atoms with Gasteiger partial charge in [0.15, 0.2) is 0 Å². The second-order valence-electron chi connectivity index (χ2n) is 8.83.